The molecule has 1 heterocycles. The Labute approximate surface area is 139 Å². The number of carboxylic acids is 1. The SMILES string of the molecule is Cc1cc(-n2cncn2)ccc1C(=O)NC1(CC(=O)O)CCCC1. The quantitative estimate of drug-likeness (QED) is 0.876. The zero-order chi connectivity index (χ0) is 17.2. The second-order valence-electron chi connectivity index (χ2n) is 6.35. The Morgan fingerprint density at radius 3 is 2.67 bits per heavy atom. The van der Waals surface area contributed by atoms with E-state index in [1.807, 2.05) is 13.0 Å². The minimum Gasteiger partial charge on any atom is -0.481 e. The van der Waals surface area contributed by atoms with Crippen LogP contribution in [0.2, 0.25) is 0 Å². The van der Waals surface area contributed by atoms with Crippen molar-refractivity contribution in [3.63, 3.8) is 0 Å². The van der Waals surface area contributed by atoms with Gasteiger partial charge in [0, 0.05) is 5.56 Å². The number of carboxylic acid groups (broad SMARTS) is 1. The molecule has 0 aliphatic heterocycles. The minimum absolute atomic E-state index is 0.0329. The van der Waals surface area contributed by atoms with Gasteiger partial charge in [-0.15, -0.1) is 0 Å². The van der Waals surface area contributed by atoms with Gasteiger partial charge in [-0.05, 0) is 43.5 Å². The molecule has 1 fully saturated rings. The number of aromatic nitrogens is 3. The van der Waals surface area contributed by atoms with Gasteiger partial charge in [-0.3, -0.25) is 9.59 Å². The molecule has 0 spiro atoms. The van der Waals surface area contributed by atoms with E-state index < -0.39 is 11.5 Å². The monoisotopic (exact) mass is 328 g/mol. The maximum atomic E-state index is 12.7. The van der Waals surface area contributed by atoms with Gasteiger partial charge in [0.15, 0.2) is 0 Å². The first-order chi connectivity index (χ1) is 11.5. The molecule has 1 aromatic carbocycles. The number of hydrogen-bond donors (Lipinski definition) is 2. The topological polar surface area (TPSA) is 97.1 Å². The van der Waals surface area contributed by atoms with E-state index in [0.717, 1.165) is 24.1 Å². The lowest BCUT2D eigenvalue weighted by atomic mass is 9.92. The molecule has 24 heavy (non-hydrogen) atoms. The highest BCUT2D eigenvalue weighted by atomic mass is 16.4. The van der Waals surface area contributed by atoms with Gasteiger partial charge >= 0.3 is 5.97 Å². The van der Waals surface area contributed by atoms with Crippen LogP contribution in [0, 0.1) is 6.92 Å². The smallest absolute Gasteiger partial charge is 0.305 e. The third-order valence-electron chi connectivity index (χ3n) is 4.57. The molecule has 2 N–H and O–H groups in total. The molecule has 0 atom stereocenters. The summed E-state index contributed by atoms with van der Waals surface area (Å²) >= 11 is 0. The van der Waals surface area contributed by atoms with Crippen LogP contribution in [-0.2, 0) is 4.79 Å². The first-order valence-electron chi connectivity index (χ1n) is 7.99. The lowest BCUT2D eigenvalue weighted by Gasteiger charge is -2.29. The molecule has 0 saturated heterocycles. The van der Waals surface area contributed by atoms with Crippen molar-refractivity contribution in [2.45, 2.75) is 44.6 Å². The van der Waals surface area contributed by atoms with Crippen LogP contribution in [0.15, 0.2) is 30.9 Å². The number of carbonyl (C=O) groups excluding carboxylic acids is 1. The predicted molar refractivity (Wildman–Crippen MR) is 87.0 cm³/mol. The lowest BCUT2D eigenvalue weighted by molar-refractivity contribution is -0.138. The van der Waals surface area contributed by atoms with Crippen molar-refractivity contribution in [3.05, 3.63) is 42.0 Å². The molecule has 2 aromatic rings. The van der Waals surface area contributed by atoms with Crippen molar-refractivity contribution in [1.82, 2.24) is 20.1 Å². The van der Waals surface area contributed by atoms with Gasteiger partial charge in [-0.25, -0.2) is 9.67 Å². The summed E-state index contributed by atoms with van der Waals surface area (Å²) in [4.78, 5) is 27.7. The van der Waals surface area contributed by atoms with Crippen molar-refractivity contribution >= 4 is 11.9 Å². The molecule has 0 radical (unpaired) electrons. The van der Waals surface area contributed by atoms with Crippen LogP contribution < -0.4 is 5.32 Å². The standard InChI is InChI=1S/C17H20N4O3/c1-12-8-13(21-11-18-10-19-21)4-5-14(12)16(24)20-17(9-15(22)23)6-2-3-7-17/h4-5,8,10-11H,2-3,6-7,9H2,1H3,(H,20,24)(H,22,23). The van der Waals surface area contributed by atoms with Crippen LogP contribution in [0.25, 0.3) is 5.69 Å². The number of aryl methyl sites for hydroxylation is 1. The summed E-state index contributed by atoms with van der Waals surface area (Å²) in [5.41, 5.74) is 1.56. The highest BCUT2D eigenvalue weighted by Gasteiger charge is 2.37. The summed E-state index contributed by atoms with van der Waals surface area (Å²) in [5.74, 6) is -1.10. The summed E-state index contributed by atoms with van der Waals surface area (Å²) < 4.78 is 1.62. The van der Waals surface area contributed by atoms with E-state index in [0.29, 0.717) is 18.4 Å². The largest absolute Gasteiger partial charge is 0.481 e. The molecule has 7 heteroatoms. The van der Waals surface area contributed by atoms with Crippen LogP contribution in [0.4, 0.5) is 0 Å². The van der Waals surface area contributed by atoms with Crippen molar-refractivity contribution in [2.75, 3.05) is 0 Å². The van der Waals surface area contributed by atoms with Gasteiger partial charge in [-0.1, -0.05) is 12.8 Å². The summed E-state index contributed by atoms with van der Waals surface area (Å²) in [5, 5.41) is 16.2. The highest BCUT2D eigenvalue weighted by Crippen LogP contribution is 2.33. The summed E-state index contributed by atoms with van der Waals surface area (Å²) in [6, 6.07) is 5.41. The van der Waals surface area contributed by atoms with Crippen LogP contribution in [0.5, 0.6) is 0 Å². The number of benzene rings is 1. The fourth-order valence-electron chi connectivity index (χ4n) is 3.38. The first-order valence-corrected chi connectivity index (χ1v) is 7.99. The third-order valence-corrected chi connectivity index (χ3v) is 4.57. The number of carbonyl (C=O) groups is 2. The highest BCUT2D eigenvalue weighted by molar-refractivity contribution is 5.96. The molecular formula is C17H20N4O3. The average molecular weight is 328 g/mol. The Morgan fingerprint density at radius 1 is 1.33 bits per heavy atom. The van der Waals surface area contributed by atoms with E-state index in [2.05, 4.69) is 15.4 Å². The van der Waals surface area contributed by atoms with E-state index in [1.165, 1.54) is 6.33 Å². The van der Waals surface area contributed by atoms with Gasteiger partial charge in [0.1, 0.15) is 12.7 Å². The molecule has 1 amide bonds. The van der Waals surface area contributed by atoms with Crippen LogP contribution in [0.3, 0.4) is 0 Å². The average Bonchev–Trinajstić information content (AvgIpc) is 3.18. The van der Waals surface area contributed by atoms with Crippen molar-refractivity contribution in [3.8, 4) is 5.69 Å². The molecule has 1 aliphatic rings. The number of nitrogens with zero attached hydrogens (tertiary/aromatic N) is 3. The fraction of sp³-hybridized carbons (Fsp3) is 0.412. The molecule has 3 rings (SSSR count). The van der Waals surface area contributed by atoms with Crippen LogP contribution >= 0.6 is 0 Å². The van der Waals surface area contributed by atoms with E-state index in [4.69, 9.17) is 5.11 Å². The first kappa shape index (κ1) is 16.2. The van der Waals surface area contributed by atoms with Gasteiger partial charge in [-0.2, -0.15) is 5.10 Å². The van der Waals surface area contributed by atoms with Crippen LogP contribution in [-0.4, -0.2) is 37.3 Å². The number of amides is 1. The summed E-state index contributed by atoms with van der Waals surface area (Å²) in [6.45, 7) is 1.86. The Morgan fingerprint density at radius 2 is 2.08 bits per heavy atom. The second kappa shape index (κ2) is 6.43. The van der Waals surface area contributed by atoms with Crippen molar-refractivity contribution in [1.29, 1.82) is 0 Å². The molecule has 1 aliphatic carbocycles. The van der Waals surface area contributed by atoms with Gasteiger partial charge < -0.3 is 10.4 Å². The lowest BCUT2D eigenvalue weighted by Crippen LogP contribution is -2.48. The Kier molecular flexibility index (Phi) is 4.33. The van der Waals surface area contributed by atoms with Crippen molar-refractivity contribution in [2.24, 2.45) is 0 Å². The second-order valence-corrected chi connectivity index (χ2v) is 6.35. The van der Waals surface area contributed by atoms with E-state index in [9.17, 15) is 9.59 Å². The Balaban J connectivity index is 1.80. The molecular weight excluding hydrogens is 308 g/mol. The zero-order valence-electron chi connectivity index (χ0n) is 13.5. The third kappa shape index (κ3) is 3.29. The zero-order valence-corrected chi connectivity index (χ0v) is 13.5. The van der Waals surface area contributed by atoms with Gasteiger partial charge in [0.2, 0.25) is 0 Å². The van der Waals surface area contributed by atoms with E-state index in [1.54, 1.807) is 23.1 Å². The predicted octanol–water partition coefficient (Wildman–Crippen LogP) is 2.09. The Bertz CT molecular complexity index is 749. The molecule has 7 nitrogen and oxygen atoms in total. The number of aliphatic carboxylic acids is 1. The van der Waals surface area contributed by atoms with Crippen LogP contribution in [0.1, 0.15) is 48.0 Å². The molecule has 0 unspecified atom stereocenters. The van der Waals surface area contributed by atoms with Gasteiger partial charge in [0.05, 0.1) is 17.6 Å². The fourth-order valence-corrected chi connectivity index (χ4v) is 3.38. The molecule has 1 saturated carbocycles. The van der Waals surface area contributed by atoms with Crippen molar-refractivity contribution < 1.29 is 14.7 Å². The molecule has 126 valence electrons. The maximum Gasteiger partial charge on any atom is 0.305 e. The summed E-state index contributed by atoms with van der Waals surface area (Å²) in [6.07, 6.45) is 6.31. The number of rotatable bonds is 5. The van der Waals surface area contributed by atoms with Gasteiger partial charge in [0.25, 0.3) is 5.91 Å². The molecule has 1 aromatic heterocycles. The normalized spacial score (nSPS) is 16.0. The molecule has 0 bridgehead atoms. The van der Waals surface area contributed by atoms with E-state index >= 15 is 0 Å². The Hall–Kier alpha value is -2.70. The van der Waals surface area contributed by atoms with E-state index in [-0.39, 0.29) is 12.3 Å². The number of hydrogen-bond acceptors (Lipinski definition) is 4. The maximum absolute atomic E-state index is 12.7. The minimum atomic E-state index is -0.879. The summed E-state index contributed by atoms with van der Waals surface area (Å²) in [7, 11) is 0. The number of nitrogens with one attached hydrogen (secondary N) is 1.